The molecule has 1 aliphatic carbocycles. The van der Waals surface area contributed by atoms with Gasteiger partial charge in [0.1, 0.15) is 0 Å². The highest BCUT2D eigenvalue weighted by molar-refractivity contribution is 5.78. The van der Waals surface area contributed by atoms with Gasteiger partial charge in [-0.25, -0.2) is 0 Å². The van der Waals surface area contributed by atoms with Gasteiger partial charge in [-0.2, -0.15) is 0 Å². The van der Waals surface area contributed by atoms with E-state index in [4.69, 9.17) is 0 Å². The zero-order valence-corrected chi connectivity index (χ0v) is 17.2. The minimum absolute atomic E-state index is 0.169. The van der Waals surface area contributed by atoms with Crippen molar-refractivity contribution in [2.75, 3.05) is 26.2 Å². The van der Waals surface area contributed by atoms with Gasteiger partial charge in [-0.05, 0) is 76.8 Å². The Labute approximate surface area is 169 Å². The van der Waals surface area contributed by atoms with Crippen LogP contribution in [0.25, 0.3) is 0 Å². The number of aromatic nitrogens is 1. The summed E-state index contributed by atoms with van der Waals surface area (Å²) in [5.74, 6) is 0.375. The summed E-state index contributed by atoms with van der Waals surface area (Å²) in [6.07, 6.45) is 13.5. The third-order valence-corrected chi connectivity index (χ3v) is 7.18. The monoisotopic (exact) mass is 384 g/mol. The van der Waals surface area contributed by atoms with Gasteiger partial charge in [-0.1, -0.05) is 25.3 Å². The molecule has 0 unspecified atom stereocenters. The van der Waals surface area contributed by atoms with Crippen LogP contribution in [0.15, 0.2) is 24.4 Å². The summed E-state index contributed by atoms with van der Waals surface area (Å²) in [6.45, 7) is 5.25. The van der Waals surface area contributed by atoms with Crippen LogP contribution in [0.1, 0.15) is 63.5 Å². The molecular formula is C23H36N4O. The molecule has 3 fully saturated rings. The first-order valence-corrected chi connectivity index (χ1v) is 11.5. The first-order valence-electron chi connectivity index (χ1n) is 11.5. The molecule has 0 aromatic carbocycles. The SMILES string of the molecule is O=C(NCc1ccccn1)C1CCN(C2CCN(C3CCCCC3)CC2)CC1. The van der Waals surface area contributed by atoms with Gasteiger partial charge in [0.2, 0.25) is 5.91 Å². The summed E-state index contributed by atoms with van der Waals surface area (Å²) >= 11 is 0. The lowest BCUT2D eigenvalue weighted by Crippen LogP contribution is -2.51. The molecule has 28 heavy (non-hydrogen) atoms. The third-order valence-electron chi connectivity index (χ3n) is 7.18. The summed E-state index contributed by atoms with van der Waals surface area (Å²) in [5.41, 5.74) is 0.929. The Morgan fingerprint density at radius 2 is 1.54 bits per heavy atom. The predicted molar refractivity (Wildman–Crippen MR) is 112 cm³/mol. The fourth-order valence-corrected chi connectivity index (χ4v) is 5.41. The Morgan fingerprint density at radius 1 is 0.893 bits per heavy atom. The van der Waals surface area contributed by atoms with E-state index in [0.29, 0.717) is 6.54 Å². The molecule has 3 heterocycles. The summed E-state index contributed by atoms with van der Waals surface area (Å²) < 4.78 is 0. The van der Waals surface area contributed by atoms with Gasteiger partial charge in [0, 0.05) is 24.2 Å². The van der Waals surface area contributed by atoms with Crippen LogP contribution in [0.2, 0.25) is 0 Å². The molecular weight excluding hydrogens is 348 g/mol. The summed E-state index contributed by atoms with van der Waals surface area (Å²) in [7, 11) is 0. The van der Waals surface area contributed by atoms with Crippen LogP contribution in [0.4, 0.5) is 0 Å². The van der Waals surface area contributed by atoms with E-state index in [2.05, 4.69) is 20.1 Å². The van der Waals surface area contributed by atoms with Crippen LogP contribution in [0, 0.1) is 5.92 Å². The van der Waals surface area contributed by atoms with Crippen molar-refractivity contribution in [2.24, 2.45) is 5.92 Å². The van der Waals surface area contributed by atoms with Gasteiger partial charge in [0.15, 0.2) is 0 Å². The lowest BCUT2D eigenvalue weighted by atomic mass is 9.90. The van der Waals surface area contributed by atoms with Crippen LogP contribution in [-0.2, 0) is 11.3 Å². The second-order valence-electron chi connectivity index (χ2n) is 8.91. The topological polar surface area (TPSA) is 48.5 Å². The number of likely N-dealkylation sites (tertiary alicyclic amines) is 2. The normalized spacial score (nSPS) is 24.3. The molecule has 1 aromatic rings. The molecule has 1 aromatic heterocycles. The van der Waals surface area contributed by atoms with Gasteiger partial charge >= 0.3 is 0 Å². The fraction of sp³-hybridized carbons (Fsp3) is 0.739. The number of amides is 1. The van der Waals surface area contributed by atoms with Crippen molar-refractivity contribution in [3.63, 3.8) is 0 Å². The molecule has 3 aliphatic rings. The maximum Gasteiger partial charge on any atom is 0.223 e. The van der Waals surface area contributed by atoms with Crippen molar-refractivity contribution in [1.29, 1.82) is 0 Å². The van der Waals surface area contributed by atoms with Crippen molar-refractivity contribution >= 4 is 5.91 Å². The van der Waals surface area contributed by atoms with Crippen molar-refractivity contribution in [3.8, 4) is 0 Å². The molecule has 0 bridgehead atoms. The summed E-state index contributed by atoms with van der Waals surface area (Å²) in [6, 6.07) is 7.43. The standard InChI is InChI=1S/C23H36N4O/c28-23(25-18-20-6-4-5-13-24-20)19-9-14-26(15-10-19)22-11-16-27(17-12-22)21-7-2-1-3-8-21/h4-6,13,19,21-22H,1-3,7-12,14-18H2,(H,25,28). The van der Waals surface area contributed by atoms with Crippen LogP contribution in [-0.4, -0.2) is 59.0 Å². The first kappa shape index (κ1) is 19.8. The highest BCUT2D eigenvalue weighted by atomic mass is 16.1. The van der Waals surface area contributed by atoms with Gasteiger partial charge in [0.05, 0.1) is 12.2 Å². The number of nitrogens with one attached hydrogen (secondary N) is 1. The highest BCUT2D eigenvalue weighted by Gasteiger charge is 2.32. The van der Waals surface area contributed by atoms with E-state index in [1.807, 2.05) is 18.2 Å². The molecule has 1 amide bonds. The molecule has 154 valence electrons. The smallest absolute Gasteiger partial charge is 0.223 e. The minimum atomic E-state index is 0.169. The van der Waals surface area contributed by atoms with Crippen LogP contribution < -0.4 is 5.32 Å². The van der Waals surface area contributed by atoms with Crippen molar-refractivity contribution < 1.29 is 4.79 Å². The Morgan fingerprint density at radius 3 is 2.18 bits per heavy atom. The molecule has 2 saturated heterocycles. The van der Waals surface area contributed by atoms with Crippen molar-refractivity contribution in [3.05, 3.63) is 30.1 Å². The number of rotatable bonds is 5. The van der Waals surface area contributed by atoms with Crippen molar-refractivity contribution in [2.45, 2.75) is 76.4 Å². The van der Waals surface area contributed by atoms with Gasteiger partial charge in [-0.3, -0.25) is 9.78 Å². The number of pyridine rings is 1. The molecule has 4 rings (SSSR count). The molecule has 0 spiro atoms. The van der Waals surface area contributed by atoms with Crippen LogP contribution in [0.3, 0.4) is 0 Å². The van der Waals surface area contributed by atoms with E-state index in [9.17, 15) is 4.79 Å². The molecule has 2 aliphatic heterocycles. The summed E-state index contributed by atoms with van der Waals surface area (Å²) in [4.78, 5) is 22.2. The number of piperidine rings is 2. The van der Waals surface area contributed by atoms with Crippen LogP contribution >= 0.6 is 0 Å². The number of carbonyl (C=O) groups is 1. The third kappa shape index (κ3) is 5.12. The van der Waals surface area contributed by atoms with E-state index in [-0.39, 0.29) is 11.8 Å². The van der Waals surface area contributed by atoms with Crippen molar-refractivity contribution in [1.82, 2.24) is 20.1 Å². The average molecular weight is 385 g/mol. The largest absolute Gasteiger partial charge is 0.350 e. The lowest BCUT2D eigenvalue weighted by Gasteiger charge is -2.44. The number of nitrogens with zero attached hydrogens (tertiary/aromatic N) is 3. The van der Waals surface area contributed by atoms with E-state index in [1.54, 1.807) is 6.20 Å². The quantitative estimate of drug-likeness (QED) is 0.847. The fourth-order valence-electron chi connectivity index (χ4n) is 5.41. The molecule has 0 radical (unpaired) electrons. The average Bonchev–Trinajstić information content (AvgIpc) is 2.79. The number of hydrogen-bond acceptors (Lipinski definition) is 4. The Bertz CT molecular complexity index is 600. The second kappa shape index (κ2) is 9.84. The van der Waals surface area contributed by atoms with E-state index in [1.165, 1.54) is 58.0 Å². The maximum absolute atomic E-state index is 12.5. The molecule has 1 N–H and O–H groups in total. The van der Waals surface area contributed by atoms with Gasteiger partial charge in [-0.15, -0.1) is 0 Å². The van der Waals surface area contributed by atoms with E-state index >= 15 is 0 Å². The van der Waals surface area contributed by atoms with Gasteiger partial charge in [0.25, 0.3) is 0 Å². The lowest BCUT2D eigenvalue weighted by molar-refractivity contribution is -0.126. The molecule has 5 nitrogen and oxygen atoms in total. The Hall–Kier alpha value is -1.46. The maximum atomic E-state index is 12.5. The second-order valence-corrected chi connectivity index (χ2v) is 8.91. The number of carbonyl (C=O) groups excluding carboxylic acids is 1. The molecule has 0 atom stereocenters. The zero-order chi connectivity index (χ0) is 19.2. The number of hydrogen-bond donors (Lipinski definition) is 1. The minimum Gasteiger partial charge on any atom is -0.350 e. The van der Waals surface area contributed by atoms with Gasteiger partial charge < -0.3 is 15.1 Å². The Balaban J connectivity index is 1.17. The Kier molecular flexibility index (Phi) is 6.97. The van der Waals surface area contributed by atoms with E-state index in [0.717, 1.165) is 43.7 Å². The summed E-state index contributed by atoms with van der Waals surface area (Å²) in [5, 5.41) is 3.08. The molecule has 5 heteroatoms. The predicted octanol–water partition coefficient (Wildman–Crippen LogP) is 3.21. The highest BCUT2D eigenvalue weighted by Crippen LogP contribution is 2.28. The van der Waals surface area contributed by atoms with Crippen LogP contribution in [0.5, 0.6) is 0 Å². The zero-order valence-electron chi connectivity index (χ0n) is 17.2. The molecule has 1 saturated carbocycles. The first-order chi connectivity index (χ1) is 13.8. The van der Waals surface area contributed by atoms with E-state index < -0.39 is 0 Å².